The van der Waals surface area contributed by atoms with Crippen LogP contribution < -0.4 is 10.9 Å². The number of hydrazine groups is 2. The largest absolute Gasteiger partial charge is 0.289 e. The van der Waals surface area contributed by atoms with Gasteiger partial charge in [-0.2, -0.15) is 0 Å². The quantitative estimate of drug-likeness (QED) is 0.399. The molecule has 0 spiro atoms. The highest BCUT2D eigenvalue weighted by molar-refractivity contribution is 5.76. The zero-order valence-electron chi connectivity index (χ0n) is 16.5. The van der Waals surface area contributed by atoms with E-state index in [1.165, 1.54) is 0 Å². The Labute approximate surface area is 148 Å². The summed E-state index contributed by atoms with van der Waals surface area (Å²) in [5.74, 6) is 0.0692. The topological polar surface area (TPSA) is 64.7 Å². The van der Waals surface area contributed by atoms with Gasteiger partial charge in [-0.3, -0.25) is 20.4 Å². The molecule has 0 aromatic heterocycles. The van der Waals surface area contributed by atoms with E-state index >= 15 is 0 Å². The smallest absolute Gasteiger partial charge is 0.234 e. The molecule has 24 heavy (non-hydrogen) atoms. The number of nitrogens with zero attached hydrogens (tertiary/aromatic N) is 2. The fourth-order valence-corrected chi connectivity index (χ4v) is 2.45. The van der Waals surface area contributed by atoms with Gasteiger partial charge in [-0.05, 0) is 39.5 Å². The molecule has 0 aromatic carbocycles. The second-order valence-corrected chi connectivity index (χ2v) is 6.36. The van der Waals surface area contributed by atoms with Gasteiger partial charge in [0.2, 0.25) is 11.8 Å². The molecule has 0 radical (unpaired) electrons. The van der Waals surface area contributed by atoms with E-state index in [0.29, 0.717) is 24.9 Å². The third-order valence-electron chi connectivity index (χ3n) is 4.52. The Hall–Kier alpha value is -1.14. The Kier molecular flexibility index (Phi) is 12.6. The standard InChI is InChI=1S/C18H38N4O2/c1-7-15(5)21(9-3)19-17(23)13-11-12-14-18(24)20-22(10-4)16(6)8-2/h15-16H,7-14H2,1-6H3,(H,19,23)(H,20,24). The minimum atomic E-state index is 0.0346. The lowest BCUT2D eigenvalue weighted by molar-refractivity contribution is -0.128. The van der Waals surface area contributed by atoms with E-state index in [1.54, 1.807) is 0 Å². The number of hydrogen-bond acceptors (Lipinski definition) is 4. The van der Waals surface area contributed by atoms with E-state index in [4.69, 9.17) is 0 Å². The average molecular weight is 343 g/mol. The lowest BCUT2D eigenvalue weighted by atomic mass is 10.2. The maximum Gasteiger partial charge on any atom is 0.234 e. The van der Waals surface area contributed by atoms with Gasteiger partial charge in [0, 0.05) is 38.0 Å². The van der Waals surface area contributed by atoms with Crippen molar-refractivity contribution in [1.29, 1.82) is 0 Å². The Morgan fingerprint density at radius 3 is 1.33 bits per heavy atom. The molecule has 0 bridgehead atoms. The molecule has 142 valence electrons. The molecule has 0 aromatic rings. The predicted octanol–water partition coefficient (Wildman–Crippen LogP) is 2.85. The summed E-state index contributed by atoms with van der Waals surface area (Å²) >= 11 is 0. The number of unbranched alkanes of at least 4 members (excludes halogenated alkanes) is 1. The Morgan fingerprint density at radius 1 is 0.750 bits per heavy atom. The van der Waals surface area contributed by atoms with Crippen LogP contribution in [0.25, 0.3) is 0 Å². The number of rotatable bonds is 13. The molecule has 2 N–H and O–H groups in total. The third-order valence-corrected chi connectivity index (χ3v) is 4.52. The fraction of sp³-hybridized carbons (Fsp3) is 0.889. The first-order valence-corrected chi connectivity index (χ1v) is 9.51. The first-order chi connectivity index (χ1) is 11.4. The molecule has 0 aliphatic carbocycles. The monoisotopic (exact) mass is 342 g/mol. The van der Waals surface area contributed by atoms with Crippen LogP contribution in [0.5, 0.6) is 0 Å². The van der Waals surface area contributed by atoms with Crippen molar-refractivity contribution in [3.05, 3.63) is 0 Å². The highest BCUT2D eigenvalue weighted by Gasteiger charge is 2.14. The lowest BCUT2D eigenvalue weighted by Crippen LogP contribution is -2.47. The van der Waals surface area contributed by atoms with Crippen molar-refractivity contribution >= 4 is 11.8 Å². The van der Waals surface area contributed by atoms with Gasteiger partial charge < -0.3 is 0 Å². The predicted molar refractivity (Wildman–Crippen MR) is 99.0 cm³/mol. The van der Waals surface area contributed by atoms with Crippen LogP contribution in [0.4, 0.5) is 0 Å². The fourth-order valence-electron chi connectivity index (χ4n) is 2.45. The van der Waals surface area contributed by atoms with Gasteiger partial charge in [0.25, 0.3) is 0 Å². The van der Waals surface area contributed by atoms with Gasteiger partial charge in [0.15, 0.2) is 0 Å². The molecule has 2 atom stereocenters. The van der Waals surface area contributed by atoms with Crippen LogP contribution in [0.1, 0.15) is 80.1 Å². The van der Waals surface area contributed by atoms with Crippen molar-refractivity contribution in [2.75, 3.05) is 13.1 Å². The summed E-state index contributed by atoms with van der Waals surface area (Å²) < 4.78 is 0. The highest BCUT2D eigenvalue weighted by Crippen LogP contribution is 2.04. The molecule has 0 fully saturated rings. The molecule has 6 nitrogen and oxygen atoms in total. The van der Waals surface area contributed by atoms with Crippen molar-refractivity contribution in [3.63, 3.8) is 0 Å². The molecule has 6 heteroatoms. The number of carbonyl (C=O) groups excluding carboxylic acids is 2. The van der Waals surface area contributed by atoms with Crippen LogP contribution in [0, 0.1) is 0 Å². The molecule has 0 saturated carbocycles. The molecule has 2 amide bonds. The van der Waals surface area contributed by atoms with Crippen LogP contribution in [0.3, 0.4) is 0 Å². The van der Waals surface area contributed by atoms with Crippen molar-refractivity contribution in [2.45, 2.75) is 92.2 Å². The summed E-state index contributed by atoms with van der Waals surface area (Å²) in [5, 5.41) is 3.95. The van der Waals surface area contributed by atoms with Crippen molar-refractivity contribution in [2.24, 2.45) is 0 Å². The molecular formula is C18H38N4O2. The molecule has 0 heterocycles. The SMILES string of the molecule is CCC(C)N(CC)NC(=O)CCCCC(=O)NN(CC)C(C)CC. The second-order valence-electron chi connectivity index (χ2n) is 6.36. The first-order valence-electron chi connectivity index (χ1n) is 9.51. The van der Waals surface area contributed by atoms with Crippen molar-refractivity contribution in [1.82, 2.24) is 20.9 Å². The molecule has 0 saturated heterocycles. The molecule has 0 aliphatic rings. The Bertz CT molecular complexity index is 329. The maximum absolute atomic E-state index is 12.0. The van der Waals surface area contributed by atoms with Gasteiger partial charge in [-0.1, -0.05) is 27.7 Å². The summed E-state index contributed by atoms with van der Waals surface area (Å²) in [7, 11) is 0. The number of amides is 2. The van der Waals surface area contributed by atoms with Crippen molar-refractivity contribution in [3.8, 4) is 0 Å². The summed E-state index contributed by atoms with van der Waals surface area (Å²) in [5.41, 5.74) is 5.91. The maximum atomic E-state index is 12.0. The second kappa shape index (κ2) is 13.2. The summed E-state index contributed by atoms with van der Waals surface area (Å²) in [6.07, 6.45) is 4.38. The first kappa shape index (κ1) is 22.9. The Morgan fingerprint density at radius 2 is 1.08 bits per heavy atom. The van der Waals surface area contributed by atoms with E-state index in [2.05, 4.69) is 38.5 Å². The minimum Gasteiger partial charge on any atom is -0.289 e. The Balaban J connectivity index is 3.99. The van der Waals surface area contributed by atoms with Gasteiger partial charge >= 0.3 is 0 Å². The highest BCUT2D eigenvalue weighted by atomic mass is 16.2. The van der Waals surface area contributed by atoms with Crippen molar-refractivity contribution < 1.29 is 9.59 Å². The molecular weight excluding hydrogens is 304 g/mol. The van der Waals surface area contributed by atoms with Crippen LogP contribution in [0.2, 0.25) is 0 Å². The summed E-state index contributed by atoms with van der Waals surface area (Å²) in [4.78, 5) is 23.9. The zero-order chi connectivity index (χ0) is 18.5. The summed E-state index contributed by atoms with van der Waals surface area (Å²) in [6, 6.07) is 0.676. The number of hydrogen-bond donors (Lipinski definition) is 2. The van der Waals surface area contributed by atoms with Crippen LogP contribution in [-0.4, -0.2) is 47.0 Å². The van der Waals surface area contributed by atoms with Gasteiger partial charge in [-0.15, -0.1) is 0 Å². The van der Waals surface area contributed by atoms with E-state index in [-0.39, 0.29) is 11.8 Å². The van der Waals surface area contributed by atoms with Gasteiger partial charge in [0.1, 0.15) is 0 Å². The number of nitrogens with one attached hydrogen (secondary N) is 2. The van der Waals surface area contributed by atoms with Crippen LogP contribution in [0.15, 0.2) is 0 Å². The average Bonchev–Trinajstić information content (AvgIpc) is 2.59. The normalized spacial score (nSPS) is 13.8. The van der Waals surface area contributed by atoms with Crippen LogP contribution >= 0.6 is 0 Å². The third kappa shape index (κ3) is 9.23. The van der Waals surface area contributed by atoms with Gasteiger partial charge in [0.05, 0.1) is 0 Å². The number of carbonyl (C=O) groups is 2. The van der Waals surface area contributed by atoms with E-state index in [1.807, 2.05) is 23.9 Å². The van der Waals surface area contributed by atoms with Gasteiger partial charge in [-0.25, -0.2) is 10.0 Å². The molecule has 0 aliphatic heterocycles. The van der Waals surface area contributed by atoms with E-state index in [0.717, 1.165) is 38.8 Å². The van der Waals surface area contributed by atoms with E-state index < -0.39 is 0 Å². The zero-order valence-corrected chi connectivity index (χ0v) is 16.5. The lowest BCUT2D eigenvalue weighted by Gasteiger charge is -2.27. The molecule has 2 unspecified atom stereocenters. The summed E-state index contributed by atoms with van der Waals surface area (Å²) in [6.45, 7) is 14.1. The molecule has 0 rings (SSSR count). The van der Waals surface area contributed by atoms with E-state index in [9.17, 15) is 9.59 Å². The minimum absolute atomic E-state index is 0.0346. The van der Waals surface area contributed by atoms with Crippen LogP contribution in [-0.2, 0) is 9.59 Å².